The fourth-order valence-electron chi connectivity index (χ4n) is 6.04. The number of carbonyl (C=O) groups excluding carboxylic acids is 1. The van der Waals surface area contributed by atoms with Crippen LogP contribution >= 0.6 is 17.8 Å². The Hall–Kier alpha value is -3.25. The summed E-state index contributed by atoms with van der Waals surface area (Å²) in [6.07, 6.45) is 0. The zero-order valence-electron chi connectivity index (χ0n) is 23.4. The lowest BCUT2D eigenvalue weighted by atomic mass is 9.80. The Balaban J connectivity index is 1.79. The standard InChI is InChI=1S/C35H32NO3PS2/c1-38-34(37)31-26-42-33(35(31,28-16-8-3-9-17-28)36-22-24-39-25-23-36)32(27-14-6-2-7-15-27)40(41,29-18-10-4-11-19-29)30-20-12-5-13-21-30/h2-21,26H,22-25H2,1H3. The highest BCUT2D eigenvalue weighted by Crippen LogP contribution is 2.66. The van der Waals surface area contributed by atoms with Gasteiger partial charge in [-0.2, -0.15) is 0 Å². The van der Waals surface area contributed by atoms with Crippen LogP contribution in [0.1, 0.15) is 11.1 Å². The molecule has 2 heterocycles. The van der Waals surface area contributed by atoms with Crippen LogP contribution in [-0.4, -0.2) is 44.3 Å². The van der Waals surface area contributed by atoms with E-state index in [0.717, 1.165) is 32.0 Å². The number of carbonyl (C=O) groups is 1. The molecule has 212 valence electrons. The molecule has 2 aliphatic rings. The van der Waals surface area contributed by atoms with E-state index in [2.05, 4.69) is 89.8 Å². The summed E-state index contributed by atoms with van der Waals surface area (Å²) in [7, 11) is 1.46. The van der Waals surface area contributed by atoms with Gasteiger partial charge in [-0.1, -0.05) is 145 Å². The van der Waals surface area contributed by atoms with Crippen molar-refractivity contribution in [1.82, 2.24) is 4.90 Å². The molecule has 0 bridgehead atoms. The van der Waals surface area contributed by atoms with Gasteiger partial charge in [0.15, 0.2) is 0 Å². The summed E-state index contributed by atoms with van der Waals surface area (Å²) in [5, 5.41) is 5.29. The average Bonchev–Trinajstić information content (AvgIpc) is 3.47. The lowest BCUT2D eigenvalue weighted by molar-refractivity contribution is -0.138. The molecule has 1 atom stereocenters. The minimum atomic E-state index is -2.67. The third-order valence-corrected chi connectivity index (χ3v) is 14.1. The minimum Gasteiger partial charge on any atom is -0.466 e. The number of hydrogen-bond acceptors (Lipinski definition) is 6. The number of methoxy groups -OCH3 is 1. The van der Waals surface area contributed by atoms with Crippen molar-refractivity contribution in [1.29, 1.82) is 0 Å². The van der Waals surface area contributed by atoms with Gasteiger partial charge in [0.1, 0.15) is 5.54 Å². The molecule has 1 saturated heterocycles. The number of esters is 1. The molecule has 0 amide bonds. The third-order valence-electron chi connectivity index (χ3n) is 7.91. The lowest BCUT2D eigenvalue weighted by Crippen LogP contribution is -2.53. The van der Waals surface area contributed by atoms with Gasteiger partial charge in [-0.05, 0) is 27.1 Å². The monoisotopic (exact) mass is 609 g/mol. The van der Waals surface area contributed by atoms with Crippen LogP contribution < -0.4 is 10.6 Å². The average molecular weight is 610 g/mol. The first kappa shape index (κ1) is 28.9. The summed E-state index contributed by atoms with van der Waals surface area (Å²) < 4.78 is 11.3. The quantitative estimate of drug-likeness (QED) is 0.176. The van der Waals surface area contributed by atoms with Gasteiger partial charge in [-0.15, -0.1) is 0 Å². The molecule has 2 aliphatic heterocycles. The number of benzene rings is 4. The number of thioether (sulfide) groups is 1. The summed E-state index contributed by atoms with van der Waals surface area (Å²) >= 11 is 8.62. The van der Waals surface area contributed by atoms with Gasteiger partial charge in [-0.25, -0.2) is 4.79 Å². The molecular weight excluding hydrogens is 577 g/mol. The van der Waals surface area contributed by atoms with E-state index in [1.807, 2.05) is 41.8 Å². The molecule has 1 fully saturated rings. The second-order valence-electron chi connectivity index (χ2n) is 10.1. The fraction of sp³-hybridized carbons (Fsp3) is 0.171. The van der Waals surface area contributed by atoms with E-state index in [1.54, 1.807) is 11.8 Å². The van der Waals surface area contributed by atoms with Crippen molar-refractivity contribution in [3.63, 3.8) is 0 Å². The minimum absolute atomic E-state index is 0.340. The van der Waals surface area contributed by atoms with E-state index in [1.165, 1.54) is 7.11 Å². The van der Waals surface area contributed by atoms with E-state index in [0.29, 0.717) is 31.9 Å². The normalized spacial score (nSPS) is 20.5. The first-order valence-electron chi connectivity index (χ1n) is 14.0. The molecule has 0 aliphatic carbocycles. The van der Waals surface area contributed by atoms with Gasteiger partial charge in [0.25, 0.3) is 0 Å². The van der Waals surface area contributed by atoms with E-state index in [4.69, 9.17) is 21.3 Å². The Bertz CT molecular complexity index is 1610. The van der Waals surface area contributed by atoms with Gasteiger partial charge in [0, 0.05) is 29.3 Å². The Labute approximate surface area is 257 Å². The number of morpholine rings is 1. The second kappa shape index (κ2) is 12.5. The van der Waals surface area contributed by atoms with Crippen molar-refractivity contribution in [2.24, 2.45) is 0 Å². The van der Waals surface area contributed by atoms with E-state index >= 15 is 0 Å². The van der Waals surface area contributed by atoms with Crippen LogP contribution in [0.2, 0.25) is 0 Å². The zero-order chi connectivity index (χ0) is 29.0. The topological polar surface area (TPSA) is 38.8 Å². The zero-order valence-corrected chi connectivity index (χ0v) is 25.9. The Morgan fingerprint density at radius 2 is 1.31 bits per heavy atom. The maximum absolute atomic E-state index is 13.7. The van der Waals surface area contributed by atoms with Crippen LogP contribution in [0.4, 0.5) is 0 Å². The third kappa shape index (κ3) is 4.92. The van der Waals surface area contributed by atoms with Crippen molar-refractivity contribution in [3.05, 3.63) is 148 Å². The molecule has 4 aromatic rings. The molecule has 4 aromatic carbocycles. The fourth-order valence-corrected chi connectivity index (χ4v) is 12.3. The Morgan fingerprint density at radius 1 is 0.810 bits per heavy atom. The SMILES string of the molecule is COC(=O)C1=CSC(=C(c2ccccc2)P(=S)(c2ccccc2)c2ccccc2)C1(c1ccccc1)N1CCOCC1. The summed E-state index contributed by atoms with van der Waals surface area (Å²) in [4.78, 5) is 17.2. The number of rotatable bonds is 7. The van der Waals surface area contributed by atoms with Crippen LogP contribution in [0.3, 0.4) is 0 Å². The van der Waals surface area contributed by atoms with Crippen LogP contribution in [0.25, 0.3) is 5.31 Å². The van der Waals surface area contributed by atoms with Crippen molar-refractivity contribution < 1.29 is 14.3 Å². The molecule has 1 unspecified atom stereocenters. The number of nitrogens with zero attached hydrogens (tertiary/aromatic N) is 1. The molecule has 42 heavy (non-hydrogen) atoms. The van der Waals surface area contributed by atoms with Gasteiger partial charge in [0.05, 0.1) is 25.9 Å². The van der Waals surface area contributed by atoms with E-state index in [9.17, 15) is 4.79 Å². The van der Waals surface area contributed by atoms with Crippen molar-refractivity contribution in [3.8, 4) is 0 Å². The van der Waals surface area contributed by atoms with Gasteiger partial charge in [0.2, 0.25) is 0 Å². The molecule has 0 N–H and O–H groups in total. The molecular formula is C35H32NO3PS2. The first-order chi connectivity index (χ1) is 20.6. The largest absolute Gasteiger partial charge is 0.466 e. The molecule has 0 saturated carbocycles. The van der Waals surface area contributed by atoms with E-state index < -0.39 is 11.6 Å². The van der Waals surface area contributed by atoms with Crippen LogP contribution in [-0.2, 0) is 31.6 Å². The van der Waals surface area contributed by atoms with E-state index in [-0.39, 0.29) is 5.97 Å². The predicted molar refractivity (Wildman–Crippen MR) is 178 cm³/mol. The van der Waals surface area contributed by atoms with Crippen molar-refractivity contribution in [2.45, 2.75) is 5.54 Å². The molecule has 7 heteroatoms. The number of hydrogen-bond donors (Lipinski definition) is 0. The van der Waals surface area contributed by atoms with Gasteiger partial charge < -0.3 is 9.47 Å². The smallest absolute Gasteiger partial charge is 0.336 e. The molecule has 0 aromatic heterocycles. The van der Waals surface area contributed by atoms with Gasteiger partial charge in [-0.3, -0.25) is 4.90 Å². The molecule has 4 nitrogen and oxygen atoms in total. The van der Waals surface area contributed by atoms with Crippen LogP contribution in [0, 0.1) is 0 Å². The lowest BCUT2D eigenvalue weighted by Gasteiger charge is -2.46. The van der Waals surface area contributed by atoms with Crippen molar-refractivity contribution in [2.75, 3.05) is 33.4 Å². The molecule has 0 radical (unpaired) electrons. The highest BCUT2D eigenvalue weighted by Gasteiger charge is 2.54. The van der Waals surface area contributed by atoms with Crippen LogP contribution in [0.5, 0.6) is 0 Å². The summed E-state index contributed by atoms with van der Waals surface area (Å²) in [6.45, 7) is 2.48. The maximum Gasteiger partial charge on any atom is 0.336 e. The van der Waals surface area contributed by atoms with Gasteiger partial charge >= 0.3 is 5.97 Å². The molecule has 6 rings (SSSR count). The Morgan fingerprint density at radius 3 is 1.83 bits per heavy atom. The molecule has 0 spiro atoms. The summed E-state index contributed by atoms with van der Waals surface area (Å²) in [5.41, 5.74) is 1.78. The second-order valence-corrected chi connectivity index (χ2v) is 15.4. The van der Waals surface area contributed by atoms with Crippen LogP contribution in [0.15, 0.2) is 137 Å². The highest BCUT2D eigenvalue weighted by atomic mass is 32.4. The predicted octanol–water partition coefficient (Wildman–Crippen LogP) is 6.52. The summed E-state index contributed by atoms with van der Waals surface area (Å²) in [5.74, 6) is -0.340. The Kier molecular flexibility index (Phi) is 8.62. The first-order valence-corrected chi connectivity index (χ1v) is 17.7. The summed E-state index contributed by atoms with van der Waals surface area (Å²) in [6, 6.07) is 39.1. The number of ether oxygens (including phenoxy) is 2. The van der Waals surface area contributed by atoms with Crippen molar-refractivity contribution >= 4 is 51.5 Å². The highest BCUT2D eigenvalue weighted by molar-refractivity contribution is 8.27. The maximum atomic E-state index is 13.7.